The third kappa shape index (κ3) is 1.86. The van der Waals surface area contributed by atoms with Crippen molar-refractivity contribution in [2.45, 2.75) is 53.4 Å². The second-order valence-corrected chi connectivity index (χ2v) is 6.64. The fourth-order valence-corrected chi connectivity index (χ4v) is 4.00. The quantitative estimate of drug-likeness (QED) is 0.593. The van der Waals surface area contributed by atoms with Crippen LogP contribution in [0, 0.1) is 29.1 Å². The minimum atomic E-state index is 0.380. The van der Waals surface area contributed by atoms with Crippen LogP contribution in [0.2, 0.25) is 0 Å². The highest BCUT2D eigenvalue weighted by molar-refractivity contribution is 5.82. The van der Waals surface area contributed by atoms with Gasteiger partial charge < -0.3 is 0 Å². The largest absolute Gasteiger partial charge is 0.299 e. The molecule has 0 heterocycles. The molecule has 2 aliphatic rings. The van der Waals surface area contributed by atoms with E-state index in [9.17, 15) is 4.79 Å². The molecular formula is C14H24O. The lowest BCUT2D eigenvalue weighted by atomic mass is 9.54. The van der Waals surface area contributed by atoms with Crippen molar-refractivity contribution in [3.05, 3.63) is 0 Å². The van der Waals surface area contributed by atoms with E-state index in [1.54, 1.807) is 0 Å². The summed E-state index contributed by atoms with van der Waals surface area (Å²) in [5.41, 5.74) is 0.390. The van der Waals surface area contributed by atoms with Gasteiger partial charge in [0.2, 0.25) is 0 Å². The molecule has 0 aromatic rings. The van der Waals surface area contributed by atoms with Crippen LogP contribution in [-0.2, 0) is 4.79 Å². The van der Waals surface area contributed by atoms with Gasteiger partial charge in [0.15, 0.2) is 0 Å². The van der Waals surface area contributed by atoms with Gasteiger partial charge in [-0.05, 0) is 42.4 Å². The molecule has 4 unspecified atom stereocenters. The summed E-state index contributed by atoms with van der Waals surface area (Å²) in [4.78, 5) is 12.0. The van der Waals surface area contributed by atoms with E-state index >= 15 is 0 Å². The van der Waals surface area contributed by atoms with Gasteiger partial charge >= 0.3 is 0 Å². The van der Waals surface area contributed by atoms with Crippen LogP contribution in [0.25, 0.3) is 0 Å². The number of Topliss-reactive ketones (excluding diaryl/α,β-unsaturated/α-hetero) is 1. The molecule has 0 bridgehead atoms. The van der Waals surface area contributed by atoms with E-state index in [0.717, 1.165) is 18.8 Å². The average molecular weight is 208 g/mol. The summed E-state index contributed by atoms with van der Waals surface area (Å²) in [7, 11) is 0. The predicted molar refractivity (Wildman–Crippen MR) is 62.6 cm³/mol. The van der Waals surface area contributed by atoms with E-state index < -0.39 is 0 Å². The number of ketones is 1. The Hall–Kier alpha value is -0.330. The third-order valence-corrected chi connectivity index (χ3v) is 4.87. The zero-order chi connectivity index (χ0) is 11.2. The third-order valence-electron chi connectivity index (χ3n) is 4.87. The van der Waals surface area contributed by atoms with Gasteiger partial charge in [-0.25, -0.2) is 0 Å². The van der Waals surface area contributed by atoms with E-state index in [2.05, 4.69) is 27.7 Å². The number of hydrogen-bond donors (Lipinski definition) is 0. The van der Waals surface area contributed by atoms with Crippen molar-refractivity contribution in [2.24, 2.45) is 29.1 Å². The summed E-state index contributed by atoms with van der Waals surface area (Å²) in [5, 5.41) is 0. The first-order valence-electron chi connectivity index (χ1n) is 6.44. The van der Waals surface area contributed by atoms with Gasteiger partial charge in [0, 0.05) is 12.3 Å². The first-order valence-corrected chi connectivity index (χ1v) is 6.44. The van der Waals surface area contributed by atoms with Crippen molar-refractivity contribution in [2.75, 3.05) is 0 Å². The second-order valence-electron chi connectivity index (χ2n) is 6.64. The van der Waals surface area contributed by atoms with Gasteiger partial charge in [0.1, 0.15) is 5.78 Å². The van der Waals surface area contributed by atoms with Gasteiger partial charge in [-0.2, -0.15) is 0 Å². The molecule has 0 N–H and O–H groups in total. The summed E-state index contributed by atoms with van der Waals surface area (Å²) >= 11 is 0. The molecule has 1 nitrogen and oxygen atoms in total. The van der Waals surface area contributed by atoms with E-state index in [1.165, 1.54) is 12.8 Å². The fraction of sp³-hybridized carbons (Fsp3) is 0.929. The molecule has 1 heteroatoms. The minimum absolute atomic E-state index is 0.380. The maximum absolute atomic E-state index is 12.0. The Balaban J connectivity index is 2.27. The molecule has 2 fully saturated rings. The molecule has 2 saturated carbocycles. The molecule has 0 radical (unpaired) electrons. The number of fused-ring (bicyclic) bond motifs is 1. The molecule has 0 aromatic heterocycles. The van der Waals surface area contributed by atoms with E-state index in [1.807, 2.05) is 0 Å². The highest BCUT2D eigenvalue weighted by Gasteiger charge is 2.48. The topological polar surface area (TPSA) is 17.1 Å². The maximum Gasteiger partial charge on any atom is 0.136 e. The Morgan fingerprint density at radius 2 is 1.87 bits per heavy atom. The van der Waals surface area contributed by atoms with E-state index in [4.69, 9.17) is 0 Å². The zero-order valence-corrected chi connectivity index (χ0v) is 10.5. The zero-order valence-electron chi connectivity index (χ0n) is 10.5. The van der Waals surface area contributed by atoms with Crippen LogP contribution in [0.4, 0.5) is 0 Å². The normalized spacial score (nSPS) is 44.9. The number of hydrogen-bond acceptors (Lipinski definition) is 1. The lowest BCUT2D eigenvalue weighted by Gasteiger charge is -2.50. The van der Waals surface area contributed by atoms with Gasteiger partial charge in [-0.15, -0.1) is 0 Å². The van der Waals surface area contributed by atoms with Crippen molar-refractivity contribution in [1.29, 1.82) is 0 Å². The molecular weight excluding hydrogens is 184 g/mol. The van der Waals surface area contributed by atoms with Crippen molar-refractivity contribution in [1.82, 2.24) is 0 Å². The monoisotopic (exact) mass is 208 g/mol. The van der Waals surface area contributed by atoms with E-state index in [0.29, 0.717) is 29.0 Å². The van der Waals surface area contributed by atoms with Crippen LogP contribution >= 0.6 is 0 Å². The fourth-order valence-electron chi connectivity index (χ4n) is 4.00. The Morgan fingerprint density at radius 1 is 1.20 bits per heavy atom. The summed E-state index contributed by atoms with van der Waals surface area (Å²) in [6.07, 6.45) is 4.45. The van der Waals surface area contributed by atoms with Crippen LogP contribution in [0.3, 0.4) is 0 Å². The predicted octanol–water partition coefficient (Wildman–Crippen LogP) is 3.67. The van der Waals surface area contributed by atoms with Gasteiger partial charge in [-0.1, -0.05) is 27.7 Å². The Bertz CT molecular complexity index is 267. The molecule has 2 aliphatic carbocycles. The minimum Gasteiger partial charge on any atom is -0.299 e. The van der Waals surface area contributed by atoms with Crippen LogP contribution in [0.5, 0.6) is 0 Å². The summed E-state index contributed by atoms with van der Waals surface area (Å²) < 4.78 is 0. The smallest absolute Gasteiger partial charge is 0.136 e. The maximum atomic E-state index is 12.0. The van der Waals surface area contributed by atoms with Crippen molar-refractivity contribution in [3.63, 3.8) is 0 Å². The summed E-state index contributed by atoms with van der Waals surface area (Å²) in [6.45, 7) is 9.36. The lowest BCUT2D eigenvalue weighted by Crippen LogP contribution is -2.47. The highest BCUT2D eigenvalue weighted by atomic mass is 16.1. The highest BCUT2D eigenvalue weighted by Crippen LogP contribution is 2.52. The molecule has 15 heavy (non-hydrogen) atoms. The molecule has 0 saturated heterocycles. The van der Waals surface area contributed by atoms with Crippen LogP contribution in [-0.4, -0.2) is 5.78 Å². The molecule has 0 spiro atoms. The van der Waals surface area contributed by atoms with Crippen LogP contribution in [0.1, 0.15) is 53.4 Å². The van der Waals surface area contributed by atoms with Crippen molar-refractivity contribution < 1.29 is 4.79 Å². The van der Waals surface area contributed by atoms with E-state index in [-0.39, 0.29) is 0 Å². The van der Waals surface area contributed by atoms with Gasteiger partial charge in [0.05, 0.1) is 0 Å². The number of carbonyl (C=O) groups is 1. The van der Waals surface area contributed by atoms with Gasteiger partial charge in [-0.3, -0.25) is 4.79 Å². The summed E-state index contributed by atoms with van der Waals surface area (Å²) in [5.74, 6) is 3.01. The number of carbonyl (C=O) groups excluding carboxylic acids is 1. The second kappa shape index (κ2) is 3.61. The van der Waals surface area contributed by atoms with Crippen LogP contribution in [0.15, 0.2) is 0 Å². The SMILES string of the molecule is CC1CC(C)C2C(=O)CCC(C)(C)C2C1. The molecule has 0 aliphatic heterocycles. The average Bonchev–Trinajstić information content (AvgIpc) is 2.11. The molecule has 0 aromatic carbocycles. The summed E-state index contributed by atoms with van der Waals surface area (Å²) in [6, 6.07) is 0. The first kappa shape index (κ1) is 11.2. The van der Waals surface area contributed by atoms with Crippen molar-refractivity contribution in [3.8, 4) is 0 Å². The Labute approximate surface area is 93.6 Å². The van der Waals surface area contributed by atoms with Crippen molar-refractivity contribution >= 4 is 5.78 Å². The van der Waals surface area contributed by atoms with Gasteiger partial charge in [0.25, 0.3) is 0 Å². The number of rotatable bonds is 0. The molecule has 0 amide bonds. The first-order chi connectivity index (χ1) is 6.92. The standard InChI is InChI=1S/C14H24O/c1-9-7-10(2)13-11(8-9)14(3,4)6-5-12(13)15/h9-11,13H,5-8H2,1-4H3. The molecule has 2 rings (SSSR count). The van der Waals surface area contributed by atoms with Crippen LogP contribution < -0.4 is 0 Å². The lowest BCUT2D eigenvalue weighted by molar-refractivity contribution is -0.137. The molecule has 86 valence electrons. The Morgan fingerprint density at radius 3 is 2.53 bits per heavy atom. The molecule has 4 atom stereocenters. The Kier molecular flexibility index (Phi) is 2.68.